The SMILES string of the molecule is O=C(Nc1nnc(-c2ccccc2Cl)o1)C1CCCCN1S(=O)(=O)c1cccs1. The summed E-state index contributed by atoms with van der Waals surface area (Å²) in [4.78, 5) is 12.8. The van der Waals surface area contributed by atoms with E-state index < -0.39 is 22.0 Å². The van der Waals surface area contributed by atoms with Gasteiger partial charge >= 0.3 is 6.01 Å². The van der Waals surface area contributed by atoms with Gasteiger partial charge in [0.1, 0.15) is 10.3 Å². The van der Waals surface area contributed by atoms with Crippen molar-refractivity contribution in [3.8, 4) is 11.5 Å². The molecule has 1 atom stereocenters. The van der Waals surface area contributed by atoms with Gasteiger partial charge in [0.15, 0.2) is 0 Å². The molecule has 1 N–H and O–H groups in total. The highest BCUT2D eigenvalue weighted by Crippen LogP contribution is 2.30. The number of thiophene rings is 1. The maximum atomic E-state index is 12.9. The number of halogens is 1. The van der Waals surface area contributed by atoms with E-state index in [0.717, 1.165) is 17.8 Å². The predicted molar refractivity (Wildman–Crippen MR) is 109 cm³/mol. The topological polar surface area (TPSA) is 105 Å². The van der Waals surface area contributed by atoms with E-state index in [1.165, 1.54) is 10.4 Å². The second-order valence-corrected chi connectivity index (χ2v) is 9.91. The van der Waals surface area contributed by atoms with Crippen LogP contribution in [0.3, 0.4) is 0 Å². The van der Waals surface area contributed by atoms with Gasteiger partial charge in [-0.3, -0.25) is 10.1 Å². The minimum Gasteiger partial charge on any atom is -0.403 e. The third kappa shape index (κ3) is 4.06. The van der Waals surface area contributed by atoms with Gasteiger partial charge in [-0.05, 0) is 36.4 Å². The van der Waals surface area contributed by atoms with Crippen LogP contribution in [-0.4, -0.2) is 41.4 Å². The van der Waals surface area contributed by atoms with Gasteiger partial charge in [-0.25, -0.2) is 8.42 Å². The van der Waals surface area contributed by atoms with Crippen molar-refractivity contribution in [1.29, 1.82) is 0 Å². The average molecular weight is 453 g/mol. The number of carbonyl (C=O) groups excluding carboxylic acids is 1. The molecule has 4 rings (SSSR count). The Bertz CT molecular complexity index is 1110. The monoisotopic (exact) mass is 452 g/mol. The van der Waals surface area contributed by atoms with Gasteiger partial charge in [0.2, 0.25) is 5.91 Å². The van der Waals surface area contributed by atoms with E-state index in [2.05, 4.69) is 15.5 Å². The number of rotatable bonds is 5. The molecule has 152 valence electrons. The Hall–Kier alpha value is -2.27. The van der Waals surface area contributed by atoms with Crippen molar-refractivity contribution in [2.24, 2.45) is 0 Å². The number of anilines is 1. The van der Waals surface area contributed by atoms with Crippen LogP contribution in [-0.2, 0) is 14.8 Å². The summed E-state index contributed by atoms with van der Waals surface area (Å²) >= 11 is 7.25. The van der Waals surface area contributed by atoms with Crippen molar-refractivity contribution in [3.05, 3.63) is 46.8 Å². The lowest BCUT2D eigenvalue weighted by Gasteiger charge is -2.32. The Morgan fingerprint density at radius 2 is 2.03 bits per heavy atom. The first-order chi connectivity index (χ1) is 14.0. The largest absolute Gasteiger partial charge is 0.403 e. The summed E-state index contributed by atoms with van der Waals surface area (Å²) in [5, 5.41) is 12.4. The highest BCUT2D eigenvalue weighted by Gasteiger charge is 2.38. The smallest absolute Gasteiger partial charge is 0.322 e. The summed E-state index contributed by atoms with van der Waals surface area (Å²) in [5.74, 6) is -0.336. The Kier molecular flexibility index (Phi) is 5.68. The number of hydrogen-bond acceptors (Lipinski definition) is 7. The zero-order chi connectivity index (χ0) is 20.4. The summed E-state index contributed by atoms with van der Waals surface area (Å²) in [6.07, 6.45) is 1.87. The molecule has 1 aromatic carbocycles. The highest BCUT2D eigenvalue weighted by molar-refractivity contribution is 7.91. The maximum absolute atomic E-state index is 12.9. The molecular weight excluding hydrogens is 436 g/mol. The van der Waals surface area contributed by atoms with E-state index in [1.54, 1.807) is 35.7 Å². The third-order valence-corrected chi connectivity index (χ3v) is 8.18. The van der Waals surface area contributed by atoms with Crippen LogP contribution in [0.25, 0.3) is 11.5 Å². The van der Waals surface area contributed by atoms with E-state index in [0.29, 0.717) is 23.4 Å². The molecule has 1 fully saturated rings. The predicted octanol–water partition coefficient (Wildman–Crippen LogP) is 3.63. The lowest BCUT2D eigenvalue weighted by Crippen LogP contribution is -2.49. The van der Waals surface area contributed by atoms with E-state index >= 15 is 0 Å². The van der Waals surface area contributed by atoms with Crippen LogP contribution in [0.2, 0.25) is 5.02 Å². The number of amides is 1. The minimum absolute atomic E-state index is 0.107. The van der Waals surface area contributed by atoms with Crippen LogP contribution in [0.15, 0.2) is 50.4 Å². The van der Waals surface area contributed by atoms with E-state index in [-0.39, 0.29) is 22.7 Å². The molecule has 0 spiro atoms. The van der Waals surface area contributed by atoms with E-state index in [9.17, 15) is 13.2 Å². The average Bonchev–Trinajstić information content (AvgIpc) is 3.41. The van der Waals surface area contributed by atoms with Gasteiger partial charge in [-0.15, -0.1) is 16.4 Å². The number of aromatic nitrogens is 2. The fourth-order valence-corrected chi connectivity index (χ4v) is 6.18. The van der Waals surface area contributed by atoms with Crippen LogP contribution >= 0.6 is 22.9 Å². The van der Waals surface area contributed by atoms with Crippen molar-refractivity contribution in [1.82, 2.24) is 14.5 Å². The quantitative estimate of drug-likeness (QED) is 0.633. The van der Waals surface area contributed by atoms with E-state index in [4.69, 9.17) is 16.0 Å². The molecule has 0 radical (unpaired) electrons. The van der Waals surface area contributed by atoms with Crippen molar-refractivity contribution >= 4 is 44.9 Å². The lowest BCUT2D eigenvalue weighted by atomic mass is 10.0. The van der Waals surface area contributed by atoms with Crippen molar-refractivity contribution in [3.63, 3.8) is 0 Å². The molecule has 3 heterocycles. The first kappa shape index (κ1) is 20.0. The second kappa shape index (κ2) is 8.23. The molecular formula is C18H17ClN4O4S2. The molecule has 1 aliphatic heterocycles. The van der Waals surface area contributed by atoms with Gasteiger partial charge in [0.25, 0.3) is 15.9 Å². The summed E-state index contributed by atoms with van der Waals surface area (Å²) < 4.78 is 32.8. The zero-order valence-electron chi connectivity index (χ0n) is 15.1. The number of nitrogens with one attached hydrogen (secondary N) is 1. The summed E-state index contributed by atoms with van der Waals surface area (Å²) in [5.41, 5.74) is 0.543. The minimum atomic E-state index is -3.74. The second-order valence-electron chi connectivity index (χ2n) is 6.44. The molecule has 0 saturated carbocycles. The Morgan fingerprint density at radius 3 is 2.79 bits per heavy atom. The number of carbonyl (C=O) groups is 1. The molecule has 1 unspecified atom stereocenters. The summed E-state index contributed by atoms with van der Waals surface area (Å²) in [7, 11) is -3.74. The molecule has 11 heteroatoms. The fraction of sp³-hybridized carbons (Fsp3) is 0.278. The molecule has 0 aliphatic carbocycles. The first-order valence-electron chi connectivity index (χ1n) is 8.91. The van der Waals surface area contributed by atoms with Gasteiger partial charge < -0.3 is 4.42 Å². The van der Waals surface area contributed by atoms with E-state index in [1.807, 2.05) is 0 Å². The van der Waals surface area contributed by atoms with Crippen LogP contribution in [0.5, 0.6) is 0 Å². The number of piperidine rings is 1. The number of benzene rings is 1. The van der Waals surface area contributed by atoms with Crippen LogP contribution < -0.4 is 5.32 Å². The molecule has 1 aliphatic rings. The van der Waals surface area contributed by atoms with Gasteiger partial charge in [0, 0.05) is 6.54 Å². The normalized spacial score (nSPS) is 17.9. The lowest BCUT2D eigenvalue weighted by molar-refractivity contribution is -0.120. The molecule has 1 amide bonds. The van der Waals surface area contributed by atoms with Crippen LogP contribution in [0.1, 0.15) is 19.3 Å². The Labute approximate surface area is 176 Å². The van der Waals surface area contributed by atoms with Crippen LogP contribution in [0, 0.1) is 0 Å². The summed E-state index contributed by atoms with van der Waals surface area (Å²) in [6, 6.07) is 9.22. The number of sulfonamides is 1. The summed E-state index contributed by atoms with van der Waals surface area (Å²) in [6.45, 7) is 0.285. The van der Waals surface area contributed by atoms with Crippen molar-refractivity contribution < 1.29 is 17.6 Å². The van der Waals surface area contributed by atoms with Gasteiger partial charge in [0.05, 0.1) is 10.6 Å². The molecule has 0 bridgehead atoms. The maximum Gasteiger partial charge on any atom is 0.322 e. The van der Waals surface area contributed by atoms with Crippen molar-refractivity contribution in [2.75, 3.05) is 11.9 Å². The standard InChI is InChI=1S/C18H17ClN4O4S2/c19-13-7-2-1-6-12(13)17-21-22-18(27-17)20-16(24)14-8-3-4-10-23(14)29(25,26)15-9-5-11-28-15/h1-2,5-7,9,11,14H,3-4,8,10H2,(H,20,22,24). The zero-order valence-corrected chi connectivity index (χ0v) is 17.5. The number of nitrogens with zero attached hydrogens (tertiary/aromatic N) is 3. The van der Waals surface area contributed by atoms with Crippen LogP contribution in [0.4, 0.5) is 6.01 Å². The first-order valence-corrected chi connectivity index (χ1v) is 11.6. The number of hydrogen-bond donors (Lipinski definition) is 1. The molecule has 3 aromatic rings. The van der Waals surface area contributed by atoms with Gasteiger partial charge in [-0.1, -0.05) is 41.3 Å². The Morgan fingerprint density at radius 1 is 1.21 bits per heavy atom. The van der Waals surface area contributed by atoms with Crippen molar-refractivity contribution in [2.45, 2.75) is 29.5 Å². The molecule has 2 aromatic heterocycles. The highest BCUT2D eigenvalue weighted by atomic mass is 35.5. The van der Waals surface area contributed by atoms with Gasteiger partial charge in [-0.2, -0.15) is 4.31 Å². The molecule has 8 nitrogen and oxygen atoms in total. The molecule has 1 saturated heterocycles. The Balaban J connectivity index is 1.54. The fourth-order valence-electron chi connectivity index (χ4n) is 3.19. The molecule has 29 heavy (non-hydrogen) atoms. The third-order valence-electron chi connectivity index (χ3n) is 4.57.